The van der Waals surface area contributed by atoms with E-state index in [0.717, 1.165) is 16.7 Å². The van der Waals surface area contributed by atoms with Crippen molar-refractivity contribution in [2.45, 2.75) is 77.4 Å². The lowest BCUT2D eigenvalue weighted by Gasteiger charge is -2.40. The van der Waals surface area contributed by atoms with Gasteiger partial charge < -0.3 is 38.9 Å². The molecule has 2 aromatic heterocycles. The molecule has 3 atom stereocenters. The molecule has 0 aliphatic heterocycles. The van der Waals surface area contributed by atoms with Crippen LogP contribution in [-0.4, -0.2) is 81.8 Å². The molecule has 0 spiro atoms. The summed E-state index contributed by atoms with van der Waals surface area (Å²) in [4.78, 5) is 26.7. The lowest BCUT2D eigenvalue weighted by atomic mass is 9.80. The number of aromatic nitrogens is 4. The first-order valence-corrected chi connectivity index (χ1v) is 19.6. The Kier molecular flexibility index (Phi) is 14.7. The number of carbonyl (C=O) groups excluding carboxylic acids is 1. The van der Waals surface area contributed by atoms with Gasteiger partial charge in [0.2, 0.25) is 5.91 Å². The van der Waals surface area contributed by atoms with Gasteiger partial charge in [-0.2, -0.15) is 5.26 Å². The minimum absolute atomic E-state index is 0.00435. The van der Waals surface area contributed by atoms with Gasteiger partial charge >= 0.3 is 0 Å². The third-order valence-corrected chi connectivity index (χ3v) is 11.4. The molecule has 5 rings (SSSR count). The second-order valence-electron chi connectivity index (χ2n) is 13.7. The fourth-order valence-corrected chi connectivity index (χ4v) is 8.25. The van der Waals surface area contributed by atoms with Gasteiger partial charge in [-0.25, -0.2) is 19.6 Å². The molecule has 0 saturated heterocycles. The van der Waals surface area contributed by atoms with E-state index >= 15 is 0 Å². The number of nitrogen functional groups attached to an aromatic ring is 1. The molecule has 14 nitrogen and oxygen atoms in total. The van der Waals surface area contributed by atoms with Gasteiger partial charge in [0, 0.05) is 12.1 Å². The van der Waals surface area contributed by atoms with E-state index in [2.05, 4.69) is 58.7 Å². The van der Waals surface area contributed by atoms with Crippen LogP contribution in [0.5, 0.6) is 11.5 Å². The van der Waals surface area contributed by atoms with Crippen molar-refractivity contribution in [3.8, 4) is 17.6 Å². The number of nitrogens with one attached hydrogen (secondary N) is 1. The van der Waals surface area contributed by atoms with Gasteiger partial charge in [-0.1, -0.05) is 54.6 Å². The monoisotopic (exact) mass is 782 g/mol. The van der Waals surface area contributed by atoms with Crippen molar-refractivity contribution in [2.24, 2.45) is 0 Å². The highest BCUT2D eigenvalue weighted by molar-refractivity contribution is 7.44. The number of nitrogens with two attached hydrogens (primary N) is 1. The van der Waals surface area contributed by atoms with Gasteiger partial charge in [-0.15, -0.1) is 0 Å². The summed E-state index contributed by atoms with van der Waals surface area (Å²) >= 11 is 0. The topological polar surface area (TPSA) is 172 Å². The summed E-state index contributed by atoms with van der Waals surface area (Å²) in [6.07, 6.45) is 2.43. The molecule has 0 aliphatic rings. The SMILES string of the molecule is COc1ccc(C(OC[C@@H](NC(=O)Cn2cnc3c(N)ncnc32)[C@@H](C)OP(OCCC#N)N(C(C)C)C(C)C)(c2ccccc2)c2ccc(OC)cc2)cc1. The summed E-state index contributed by atoms with van der Waals surface area (Å²) < 4.78 is 35.1. The van der Waals surface area contributed by atoms with Crippen LogP contribution in [0.3, 0.4) is 0 Å². The summed E-state index contributed by atoms with van der Waals surface area (Å²) in [5.41, 5.74) is 8.25. The Morgan fingerprint density at radius 1 is 0.893 bits per heavy atom. The van der Waals surface area contributed by atoms with Crippen molar-refractivity contribution in [1.29, 1.82) is 5.26 Å². The molecule has 296 valence electrons. The van der Waals surface area contributed by atoms with Gasteiger partial charge in [0.25, 0.3) is 8.53 Å². The van der Waals surface area contributed by atoms with Crippen molar-refractivity contribution in [1.82, 2.24) is 29.5 Å². The smallest absolute Gasteiger partial charge is 0.259 e. The van der Waals surface area contributed by atoms with E-state index in [-0.39, 0.29) is 50.0 Å². The molecule has 56 heavy (non-hydrogen) atoms. The summed E-state index contributed by atoms with van der Waals surface area (Å²) in [5.74, 6) is 1.29. The van der Waals surface area contributed by atoms with Crippen LogP contribution in [0.2, 0.25) is 0 Å². The van der Waals surface area contributed by atoms with Crippen LogP contribution in [0.25, 0.3) is 11.2 Å². The lowest BCUT2D eigenvalue weighted by molar-refractivity contribution is -0.124. The average Bonchev–Trinajstić information content (AvgIpc) is 3.61. The van der Waals surface area contributed by atoms with E-state index in [1.54, 1.807) is 18.8 Å². The Balaban J connectivity index is 1.57. The van der Waals surface area contributed by atoms with Crippen LogP contribution in [0, 0.1) is 11.3 Å². The van der Waals surface area contributed by atoms with Crippen LogP contribution in [0.15, 0.2) is 91.5 Å². The average molecular weight is 783 g/mol. The minimum atomic E-state index is -1.66. The largest absolute Gasteiger partial charge is 0.497 e. The Hall–Kier alpha value is -5.16. The molecule has 1 amide bonds. The summed E-state index contributed by atoms with van der Waals surface area (Å²) in [6.45, 7) is 10.3. The molecule has 0 saturated carbocycles. The fourth-order valence-electron chi connectivity index (χ4n) is 6.52. The molecule has 0 radical (unpaired) electrons. The van der Waals surface area contributed by atoms with Gasteiger partial charge in [-0.3, -0.25) is 4.79 Å². The first-order valence-electron chi connectivity index (χ1n) is 18.5. The number of hydrogen-bond acceptors (Lipinski definition) is 12. The van der Waals surface area contributed by atoms with Gasteiger partial charge in [0.1, 0.15) is 35.5 Å². The van der Waals surface area contributed by atoms with Crippen LogP contribution in [0.4, 0.5) is 5.82 Å². The van der Waals surface area contributed by atoms with Crippen molar-refractivity contribution in [3.63, 3.8) is 0 Å². The van der Waals surface area contributed by atoms with E-state index < -0.39 is 26.3 Å². The number of hydrogen-bond donors (Lipinski definition) is 2. The predicted octanol–water partition coefficient (Wildman–Crippen LogP) is 6.60. The standard InChI is InChI=1S/C41H51N8O6P/c1-28(2)49(29(3)4)56(54-23-11-22-42)55-30(5)36(47-37(50)24-48-27-46-38-39(43)44-26-45-40(38)48)25-53-41(31-12-9-8-10-13-31,32-14-18-34(51-6)19-15-32)33-16-20-35(52-7)21-17-33/h8-10,12-21,26-30,36H,11,23-25H2,1-7H3,(H,47,50)(H2,43,44,45)/t30-,36-,56?/m1/s1. The van der Waals surface area contributed by atoms with Crippen LogP contribution in [0.1, 0.15) is 57.7 Å². The summed E-state index contributed by atoms with van der Waals surface area (Å²) in [7, 11) is 1.59. The number of amides is 1. The molecule has 0 fully saturated rings. The Morgan fingerprint density at radius 2 is 1.48 bits per heavy atom. The van der Waals surface area contributed by atoms with Gasteiger partial charge in [0.05, 0.1) is 58.4 Å². The van der Waals surface area contributed by atoms with Crippen molar-refractivity contribution in [2.75, 3.05) is 33.2 Å². The Bertz CT molecular complexity index is 1980. The van der Waals surface area contributed by atoms with Crippen LogP contribution >= 0.6 is 8.53 Å². The van der Waals surface area contributed by atoms with E-state index in [1.807, 2.05) is 85.8 Å². The van der Waals surface area contributed by atoms with E-state index in [0.29, 0.717) is 22.7 Å². The number of ether oxygens (including phenoxy) is 3. The fraction of sp³-hybridized carbons (Fsp3) is 0.390. The number of carbonyl (C=O) groups is 1. The van der Waals surface area contributed by atoms with Crippen molar-refractivity contribution in [3.05, 3.63) is 108 Å². The number of nitrogens with zero attached hydrogens (tertiary/aromatic N) is 6. The first kappa shape index (κ1) is 42.0. The number of fused-ring (bicyclic) bond motifs is 1. The molecule has 5 aromatic rings. The quantitative estimate of drug-likeness (QED) is 0.0493. The Labute approximate surface area is 329 Å². The van der Waals surface area contributed by atoms with Crippen LogP contribution in [-0.2, 0) is 30.7 Å². The normalized spacial score (nSPS) is 13.4. The highest BCUT2D eigenvalue weighted by Gasteiger charge is 2.40. The highest BCUT2D eigenvalue weighted by atomic mass is 31.2. The zero-order chi connectivity index (χ0) is 40.2. The number of methoxy groups -OCH3 is 2. The minimum Gasteiger partial charge on any atom is -0.497 e. The molecule has 15 heteroatoms. The number of imidazole rings is 1. The maximum absolute atomic E-state index is 14.0. The highest BCUT2D eigenvalue weighted by Crippen LogP contribution is 2.48. The Morgan fingerprint density at radius 3 is 2.04 bits per heavy atom. The third-order valence-electron chi connectivity index (χ3n) is 9.23. The molecular formula is C41H51N8O6P. The third kappa shape index (κ3) is 9.79. The van der Waals surface area contributed by atoms with Crippen molar-refractivity contribution >= 4 is 31.4 Å². The number of anilines is 1. The summed E-state index contributed by atoms with van der Waals surface area (Å²) in [5, 5.41) is 12.5. The molecular weight excluding hydrogens is 731 g/mol. The van der Waals surface area contributed by atoms with E-state index in [1.165, 1.54) is 12.7 Å². The zero-order valence-corrected chi connectivity index (χ0v) is 33.8. The maximum Gasteiger partial charge on any atom is 0.259 e. The van der Waals surface area contributed by atoms with E-state index in [4.69, 9.17) is 29.0 Å². The molecule has 3 aromatic carbocycles. The number of benzene rings is 3. The molecule has 1 unspecified atom stereocenters. The molecule has 2 heterocycles. The lowest BCUT2D eigenvalue weighted by Crippen LogP contribution is -2.49. The maximum atomic E-state index is 14.0. The second kappa shape index (κ2) is 19.6. The number of rotatable bonds is 20. The molecule has 3 N–H and O–H groups in total. The molecule has 0 aliphatic carbocycles. The first-order chi connectivity index (χ1) is 27.0. The van der Waals surface area contributed by atoms with Crippen LogP contribution < -0.4 is 20.5 Å². The van der Waals surface area contributed by atoms with Gasteiger partial charge in [0.15, 0.2) is 11.5 Å². The van der Waals surface area contributed by atoms with Crippen molar-refractivity contribution < 1.29 is 28.1 Å². The molecule has 0 bridgehead atoms. The second-order valence-corrected chi connectivity index (χ2v) is 15.1. The summed E-state index contributed by atoms with van der Waals surface area (Å²) in [6, 6.07) is 27.0. The van der Waals surface area contributed by atoms with E-state index in [9.17, 15) is 10.1 Å². The number of nitriles is 1. The van der Waals surface area contributed by atoms with Gasteiger partial charge in [-0.05, 0) is 75.6 Å². The predicted molar refractivity (Wildman–Crippen MR) is 216 cm³/mol. The zero-order valence-electron chi connectivity index (χ0n) is 33.0.